The van der Waals surface area contributed by atoms with Crippen LogP contribution < -0.4 is 10.1 Å². The van der Waals surface area contributed by atoms with Crippen molar-refractivity contribution in [2.75, 3.05) is 32.8 Å². The molecule has 0 radical (unpaired) electrons. The van der Waals surface area contributed by atoms with Crippen molar-refractivity contribution < 1.29 is 18.7 Å². The van der Waals surface area contributed by atoms with Crippen LogP contribution in [0.2, 0.25) is 0 Å². The Hall–Kier alpha value is -2.31. The van der Waals surface area contributed by atoms with Crippen molar-refractivity contribution >= 4 is 5.91 Å². The molecule has 1 N–H and O–H groups in total. The van der Waals surface area contributed by atoms with Crippen LogP contribution in [-0.2, 0) is 4.74 Å². The lowest BCUT2D eigenvalue weighted by atomic mass is 10.1. The Kier molecular flexibility index (Phi) is 6.30. The highest BCUT2D eigenvalue weighted by Gasteiger charge is 2.25. The van der Waals surface area contributed by atoms with E-state index in [1.54, 1.807) is 18.4 Å². The second kappa shape index (κ2) is 8.87. The van der Waals surface area contributed by atoms with Crippen LogP contribution >= 0.6 is 0 Å². The summed E-state index contributed by atoms with van der Waals surface area (Å²) in [6.45, 7) is 7.47. The van der Waals surface area contributed by atoms with Gasteiger partial charge in [0.2, 0.25) is 0 Å². The van der Waals surface area contributed by atoms with Gasteiger partial charge in [-0.3, -0.25) is 9.69 Å². The minimum atomic E-state index is -0.106. The predicted octanol–water partition coefficient (Wildman–Crippen LogP) is 2.87. The number of carbonyl (C=O) groups is 1. The van der Waals surface area contributed by atoms with E-state index in [4.69, 9.17) is 13.9 Å². The van der Waals surface area contributed by atoms with Gasteiger partial charge >= 0.3 is 0 Å². The van der Waals surface area contributed by atoms with Gasteiger partial charge in [0.05, 0.1) is 31.6 Å². The lowest BCUT2D eigenvalue weighted by Crippen LogP contribution is -2.43. The van der Waals surface area contributed by atoms with Crippen LogP contribution in [0.5, 0.6) is 5.75 Å². The predicted molar refractivity (Wildman–Crippen MR) is 98.4 cm³/mol. The smallest absolute Gasteiger partial charge is 0.251 e. The number of nitrogens with one attached hydrogen (secondary N) is 1. The van der Waals surface area contributed by atoms with Gasteiger partial charge in [0.1, 0.15) is 11.5 Å². The zero-order chi connectivity index (χ0) is 18.4. The highest BCUT2D eigenvalue weighted by atomic mass is 16.5. The maximum atomic E-state index is 12.5. The van der Waals surface area contributed by atoms with Crippen molar-refractivity contribution in [1.82, 2.24) is 10.2 Å². The molecule has 140 valence electrons. The summed E-state index contributed by atoms with van der Waals surface area (Å²) >= 11 is 0. The van der Waals surface area contributed by atoms with Crippen LogP contribution in [0.4, 0.5) is 0 Å². The number of carbonyl (C=O) groups excluding carboxylic acids is 1. The first-order valence-corrected chi connectivity index (χ1v) is 9.03. The average Bonchev–Trinajstić information content (AvgIpc) is 3.17. The molecule has 26 heavy (non-hydrogen) atoms. The van der Waals surface area contributed by atoms with Gasteiger partial charge in [-0.2, -0.15) is 0 Å². The zero-order valence-electron chi connectivity index (χ0n) is 15.3. The molecule has 1 aliphatic rings. The zero-order valence-corrected chi connectivity index (χ0v) is 15.3. The highest BCUT2D eigenvalue weighted by molar-refractivity contribution is 5.94. The molecule has 6 nitrogen and oxygen atoms in total. The van der Waals surface area contributed by atoms with Crippen molar-refractivity contribution in [1.29, 1.82) is 0 Å². The van der Waals surface area contributed by atoms with E-state index in [0.29, 0.717) is 25.3 Å². The molecule has 1 aromatic carbocycles. The van der Waals surface area contributed by atoms with Crippen molar-refractivity contribution in [3.05, 3.63) is 54.0 Å². The third-order valence-electron chi connectivity index (χ3n) is 4.30. The summed E-state index contributed by atoms with van der Waals surface area (Å²) in [4.78, 5) is 14.8. The third-order valence-corrected chi connectivity index (χ3v) is 4.30. The maximum Gasteiger partial charge on any atom is 0.251 e. The van der Waals surface area contributed by atoms with E-state index in [-0.39, 0.29) is 18.1 Å². The van der Waals surface area contributed by atoms with Gasteiger partial charge in [0.15, 0.2) is 0 Å². The number of amides is 1. The second-order valence-corrected chi connectivity index (χ2v) is 6.58. The van der Waals surface area contributed by atoms with Gasteiger partial charge in [0.25, 0.3) is 5.91 Å². The first-order valence-electron chi connectivity index (χ1n) is 9.03. The first-order chi connectivity index (χ1) is 12.6. The molecule has 1 amide bonds. The molecule has 1 atom stereocenters. The normalized spacial score (nSPS) is 16.4. The largest absolute Gasteiger partial charge is 0.491 e. The Morgan fingerprint density at radius 2 is 1.92 bits per heavy atom. The maximum absolute atomic E-state index is 12.5. The Bertz CT molecular complexity index is 676. The molecule has 0 aliphatic carbocycles. The molecule has 0 bridgehead atoms. The number of ether oxygens (including phenoxy) is 2. The van der Waals surface area contributed by atoms with Crippen molar-refractivity contribution in [2.24, 2.45) is 0 Å². The molecule has 6 heteroatoms. The van der Waals surface area contributed by atoms with E-state index in [9.17, 15) is 4.79 Å². The average molecular weight is 358 g/mol. The summed E-state index contributed by atoms with van der Waals surface area (Å²) in [5.41, 5.74) is 0.612. The Morgan fingerprint density at radius 1 is 1.19 bits per heavy atom. The first kappa shape index (κ1) is 18.5. The quantitative estimate of drug-likeness (QED) is 0.825. The number of hydrogen-bond donors (Lipinski definition) is 1. The van der Waals surface area contributed by atoms with E-state index < -0.39 is 0 Å². The molecule has 0 saturated carbocycles. The van der Waals surface area contributed by atoms with Crippen LogP contribution in [0.1, 0.15) is 36.0 Å². The SMILES string of the molecule is CC(C)Oc1ccc(C(=O)NC[C@H](c2ccco2)N2CCOCC2)cc1. The molecule has 2 heterocycles. The monoisotopic (exact) mass is 358 g/mol. The van der Waals surface area contributed by atoms with E-state index >= 15 is 0 Å². The molecular weight excluding hydrogens is 332 g/mol. The van der Waals surface area contributed by atoms with Gasteiger partial charge in [-0.05, 0) is 50.2 Å². The van der Waals surface area contributed by atoms with Gasteiger partial charge < -0.3 is 19.2 Å². The van der Waals surface area contributed by atoms with E-state index in [1.165, 1.54) is 0 Å². The van der Waals surface area contributed by atoms with Gasteiger partial charge in [-0.15, -0.1) is 0 Å². The molecular formula is C20H26N2O4. The molecule has 1 saturated heterocycles. The van der Waals surface area contributed by atoms with Gasteiger partial charge in [0, 0.05) is 25.2 Å². The van der Waals surface area contributed by atoms with Crippen molar-refractivity contribution in [3.8, 4) is 5.75 Å². The summed E-state index contributed by atoms with van der Waals surface area (Å²) in [6.07, 6.45) is 1.77. The molecule has 3 rings (SSSR count). The Balaban J connectivity index is 1.62. The third kappa shape index (κ3) is 4.86. The standard InChI is InChI=1S/C20H26N2O4/c1-15(2)26-17-7-5-16(6-8-17)20(23)21-14-18(19-4-3-11-25-19)22-9-12-24-13-10-22/h3-8,11,15,18H,9-10,12-14H2,1-2H3,(H,21,23)/t18-/m1/s1. The minimum Gasteiger partial charge on any atom is -0.491 e. The van der Waals surface area contributed by atoms with Crippen molar-refractivity contribution in [3.63, 3.8) is 0 Å². The molecule has 1 aromatic heterocycles. The number of morpholine rings is 1. The number of rotatable bonds is 7. The minimum absolute atomic E-state index is 0.00129. The van der Waals surface area contributed by atoms with Gasteiger partial charge in [-0.1, -0.05) is 0 Å². The summed E-state index contributed by atoms with van der Waals surface area (Å²) in [5, 5.41) is 3.02. The number of hydrogen-bond acceptors (Lipinski definition) is 5. The van der Waals surface area contributed by atoms with Gasteiger partial charge in [-0.25, -0.2) is 0 Å². The van der Waals surface area contributed by atoms with E-state index in [1.807, 2.05) is 38.1 Å². The number of furan rings is 1. The lowest BCUT2D eigenvalue weighted by molar-refractivity contribution is 0.0118. The fourth-order valence-corrected chi connectivity index (χ4v) is 3.03. The lowest BCUT2D eigenvalue weighted by Gasteiger charge is -2.33. The molecule has 2 aromatic rings. The number of benzene rings is 1. The van der Waals surface area contributed by atoms with E-state index in [0.717, 1.165) is 24.6 Å². The van der Waals surface area contributed by atoms with Crippen LogP contribution in [-0.4, -0.2) is 49.8 Å². The highest BCUT2D eigenvalue weighted by Crippen LogP contribution is 2.22. The fourth-order valence-electron chi connectivity index (χ4n) is 3.03. The molecule has 0 spiro atoms. The van der Waals surface area contributed by atoms with Crippen LogP contribution in [0.15, 0.2) is 47.1 Å². The summed E-state index contributed by atoms with van der Waals surface area (Å²) < 4.78 is 16.6. The van der Waals surface area contributed by atoms with E-state index in [2.05, 4.69) is 10.2 Å². The summed E-state index contributed by atoms with van der Waals surface area (Å²) in [6, 6.07) is 11.0. The van der Waals surface area contributed by atoms with Crippen LogP contribution in [0.3, 0.4) is 0 Å². The van der Waals surface area contributed by atoms with Crippen molar-refractivity contribution in [2.45, 2.75) is 26.0 Å². The number of nitrogens with zero attached hydrogens (tertiary/aromatic N) is 1. The Labute approximate surface area is 154 Å². The molecule has 1 fully saturated rings. The molecule has 0 unspecified atom stereocenters. The van der Waals surface area contributed by atoms with Crippen LogP contribution in [0, 0.1) is 0 Å². The Morgan fingerprint density at radius 3 is 2.54 bits per heavy atom. The summed E-state index contributed by atoms with van der Waals surface area (Å²) in [5.74, 6) is 1.51. The summed E-state index contributed by atoms with van der Waals surface area (Å²) in [7, 11) is 0. The van der Waals surface area contributed by atoms with Crippen LogP contribution in [0.25, 0.3) is 0 Å². The second-order valence-electron chi connectivity index (χ2n) is 6.58. The fraction of sp³-hybridized carbons (Fsp3) is 0.450. The molecule has 1 aliphatic heterocycles. The topological polar surface area (TPSA) is 63.9 Å².